The molecule has 0 aliphatic heterocycles. The van der Waals surface area contributed by atoms with Gasteiger partial charge in [0.25, 0.3) is 0 Å². The van der Waals surface area contributed by atoms with Crippen LogP contribution in [0.5, 0.6) is 11.5 Å². The summed E-state index contributed by atoms with van der Waals surface area (Å²) in [5.74, 6) is 1.34. The third kappa shape index (κ3) is 2.46. The number of nitrogens with one attached hydrogen (secondary N) is 1. The molecule has 0 aliphatic rings. The number of ether oxygens (including phenoxy) is 2. The summed E-state index contributed by atoms with van der Waals surface area (Å²) in [7, 11) is 3.24. The molecule has 0 saturated heterocycles. The molecule has 1 aromatic heterocycles. The summed E-state index contributed by atoms with van der Waals surface area (Å²) < 4.78 is 11.3. The van der Waals surface area contributed by atoms with Crippen LogP contribution in [0.15, 0.2) is 18.5 Å². The molecule has 0 unspecified atom stereocenters. The number of nitrogens with zero attached hydrogens (tertiary/aromatic N) is 1. The summed E-state index contributed by atoms with van der Waals surface area (Å²) in [6.45, 7) is 4.06. The zero-order chi connectivity index (χ0) is 14.0. The topological polar surface area (TPSA) is 47.1 Å². The molecule has 0 bridgehead atoms. The lowest BCUT2D eigenvalue weighted by molar-refractivity contribution is 0.406. The van der Waals surface area contributed by atoms with Gasteiger partial charge in [-0.15, -0.1) is 0 Å². The van der Waals surface area contributed by atoms with E-state index in [1.807, 2.05) is 19.9 Å². The van der Waals surface area contributed by atoms with Crippen LogP contribution in [-0.4, -0.2) is 24.2 Å². The van der Waals surface area contributed by atoms with Crippen LogP contribution in [0.2, 0.25) is 0 Å². The molecule has 5 heteroatoms. The van der Waals surface area contributed by atoms with Crippen molar-refractivity contribution in [2.45, 2.75) is 13.8 Å². The number of H-pyrrole nitrogens is 1. The van der Waals surface area contributed by atoms with Crippen molar-refractivity contribution in [1.82, 2.24) is 9.97 Å². The van der Waals surface area contributed by atoms with Gasteiger partial charge >= 0.3 is 0 Å². The number of benzene rings is 1. The van der Waals surface area contributed by atoms with Gasteiger partial charge in [0.05, 0.1) is 26.2 Å². The normalized spacial score (nSPS) is 10.3. The SMILES string of the molecule is COc1cc(C)cc(C)c1-c1[nH]cnc(=S)c1OC. The van der Waals surface area contributed by atoms with Crippen molar-refractivity contribution in [2.24, 2.45) is 0 Å². The minimum atomic E-state index is 0.429. The van der Waals surface area contributed by atoms with Crippen LogP contribution >= 0.6 is 12.2 Å². The Bertz CT molecular complexity index is 665. The minimum Gasteiger partial charge on any atom is -0.496 e. The van der Waals surface area contributed by atoms with Crippen molar-refractivity contribution in [1.29, 1.82) is 0 Å². The molecule has 2 rings (SSSR count). The Kier molecular flexibility index (Phi) is 3.85. The van der Waals surface area contributed by atoms with Gasteiger partial charge in [0.15, 0.2) is 10.4 Å². The van der Waals surface area contributed by atoms with Crippen molar-refractivity contribution in [3.63, 3.8) is 0 Å². The van der Waals surface area contributed by atoms with Gasteiger partial charge in [-0.2, -0.15) is 0 Å². The lowest BCUT2D eigenvalue weighted by Crippen LogP contribution is -1.99. The zero-order valence-corrected chi connectivity index (χ0v) is 12.2. The smallest absolute Gasteiger partial charge is 0.179 e. The van der Waals surface area contributed by atoms with Crippen LogP contribution in [0.4, 0.5) is 0 Å². The second-order valence-electron chi connectivity index (χ2n) is 4.28. The van der Waals surface area contributed by atoms with Crippen molar-refractivity contribution in [3.05, 3.63) is 34.2 Å². The Balaban J connectivity index is 2.79. The standard InChI is InChI=1S/C14H16N2O2S/c1-8-5-9(2)11(10(6-8)17-3)12-13(18-4)14(19)16-7-15-12/h5-7H,1-4H3,(H,15,16,19). The predicted octanol–water partition coefficient (Wildman–Crippen LogP) is 3.44. The number of aromatic amines is 1. The molecular weight excluding hydrogens is 260 g/mol. The van der Waals surface area contributed by atoms with E-state index in [2.05, 4.69) is 16.0 Å². The maximum atomic E-state index is 5.47. The fourth-order valence-corrected chi connectivity index (χ4v) is 2.41. The molecule has 1 N–H and O–H groups in total. The quantitative estimate of drug-likeness (QED) is 0.872. The highest BCUT2D eigenvalue weighted by molar-refractivity contribution is 7.71. The number of rotatable bonds is 3. The van der Waals surface area contributed by atoms with E-state index >= 15 is 0 Å². The van der Waals surface area contributed by atoms with Crippen molar-refractivity contribution >= 4 is 12.2 Å². The summed E-state index contributed by atoms with van der Waals surface area (Å²) in [6.07, 6.45) is 1.57. The van der Waals surface area contributed by atoms with Gasteiger partial charge in [0.2, 0.25) is 0 Å². The summed E-state index contributed by atoms with van der Waals surface area (Å²) in [6, 6.07) is 4.08. The molecule has 0 atom stereocenters. The molecule has 0 spiro atoms. The van der Waals surface area contributed by atoms with E-state index in [4.69, 9.17) is 21.7 Å². The Hall–Kier alpha value is -1.88. The molecule has 0 aliphatic carbocycles. The molecule has 0 fully saturated rings. The summed E-state index contributed by atoms with van der Waals surface area (Å²) in [4.78, 5) is 7.13. The third-order valence-electron chi connectivity index (χ3n) is 2.93. The minimum absolute atomic E-state index is 0.429. The molecule has 0 radical (unpaired) electrons. The van der Waals surface area contributed by atoms with E-state index in [-0.39, 0.29) is 0 Å². The van der Waals surface area contributed by atoms with Gasteiger partial charge in [-0.3, -0.25) is 0 Å². The molecular formula is C14H16N2O2S. The van der Waals surface area contributed by atoms with Gasteiger partial charge in [0, 0.05) is 5.56 Å². The fraction of sp³-hybridized carbons (Fsp3) is 0.286. The van der Waals surface area contributed by atoms with Gasteiger partial charge < -0.3 is 14.5 Å². The molecule has 4 nitrogen and oxygen atoms in total. The highest BCUT2D eigenvalue weighted by atomic mass is 32.1. The molecule has 1 aromatic carbocycles. The van der Waals surface area contributed by atoms with E-state index in [1.54, 1.807) is 20.5 Å². The largest absolute Gasteiger partial charge is 0.496 e. The van der Waals surface area contributed by atoms with Crippen molar-refractivity contribution < 1.29 is 9.47 Å². The van der Waals surface area contributed by atoms with Crippen LogP contribution in [0.25, 0.3) is 11.3 Å². The van der Waals surface area contributed by atoms with E-state index < -0.39 is 0 Å². The van der Waals surface area contributed by atoms with Crippen LogP contribution in [0.1, 0.15) is 11.1 Å². The first-order valence-electron chi connectivity index (χ1n) is 5.85. The van der Waals surface area contributed by atoms with Gasteiger partial charge in [-0.25, -0.2) is 4.98 Å². The van der Waals surface area contributed by atoms with Crippen molar-refractivity contribution in [2.75, 3.05) is 14.2 Å². The maximum Gasteiger partial charge on any atom is 0.179 e. The first-order valence-corrected chi connectivity index (χ1v) is 6.26. The monoisotopic (exact) mass is 276 g/mol. The molecule has 1 heterocycles. The highest BCUT2D eigenvalue weighted by Gasteiger charge is 2.16. The lowest BCUT2D eigenvalue weighted by Gasteiger charge is -2.15. The van der Waals surface area contributed by atoms with E-state index in [0.717, 1.165) is 28.1 Å². The Labute approximate surface area is 117 Å². The number of aryl methyl sites for hydroxylation is 2. The number of aromatic nitrogens is 2. The van der Waals surface area contributed by atoms with Crippen molar-refractivity contribution in [3.8, 4) is 22.8 Å². The van der Waals surface area contributed by atoms with E-state index in [1.165, 1.54) is 0 Å². The molecule has 19 heavy (non-hydrogen) atoms. The fourth-order valence-electron chi connectivity index (χ4n) is 2.17. The molecule has 100 valence electrons. The average molecular weight is 276 g/mol. The van der Waals surface area contributed by atoms with Crippen LogP contribution in [0, 0.1) is 18.5 Å². The summed E-state index contributed by atoms with van der Waals surface area (Å²) in [5.41, 5.74) is 3.96. The predicted molar refractivity (Wildman–Crippen MR) is 77.4 cm³/mol. The first kappa shape index (κ1) is 13.5. The number of methoxy groups -OCH3 is 2. The van der Waals surface area contributed by atoms with Crippen LogP contribution in [-0.2, 0) is 0 Å². The molecule has 2 aromatic rings. The van der Waals surface area contributed by atoms with Gasteiger partial charge in [0.1, 0.15) is 5.75 Å². The second-order valence-corrected chi connectivity index (χ2v) is 4.66. The van der Waals surface area contributed by atoms with E-state index in [0.29, 0.717) is 10.4 Å². The van der Waals surface area contributed by atoms with Gasteiger partial charge in [-0.1, -0.05) is 18.3 Å². The average Bonchev–Trinajstić information content (AvgIpc) is 2.37. The van der Waals surface area contributed by atoms with Crippen LogP contribution < -0.4 is 9.47 Å². The Morgan fingerprint density at radius 1 is 1.16 bits per heavy atom. The highest BCUT2D eigenvalue weighted by Crippen LogP contribution is 2.37. The number of hydrogen-bond donors (Lipinski definition) is 1. The molecule has 0 saturated carbocycles. The zero-order valence-electron chi connectivity index (χ0n) is 11.4. The second kappa shape index (κ2) is 5.40. The lowest BCUT2D eigenvalue weighted by atomic mass is 10.0. The number of hydrogen-bond acceptors (Lipinski definition) is 4. The third-order valence-corrected chi connectivity index (χ3v) is 3.22. The summed E-state index contributed by atoms with van der Waals surface area (Å²) in [5, 5.41) is 0. The Morgan fingerprint density at radius 2 is 1.89 bits per heavy atom. The van der Waals surface area contributed by atoms with Crippen LogP contribution in [0.3, 0.4) is 0 Å². The summed E-state index contributed by atoms with van der Waals surface area (Å²) >= 11 is 5.19. The van der Waals surface area contributed by atoms with Gasteiger partial charge in [-0.05, 0) is 31.0 Å². The first-order chi connectivity index (χ1) is 9.08. The Morgan fingerprint density at radius 3 is 2.53 bits per heavy atom. The molecule has 0 amide bonds. The van der Waals surface area contributed by atoms with E-state index in [9.17, 15) is 0 Å². The maximum absolute atomic E-state index is 5.47.